The van der Waals surface area contributed by atoms with Gasteiger partial charge in [-0.05, 0) is 42.4 Å². The molecule has 0 spiro atoms. The van der Waals surface area contributed by atoms with Gasteiger partial charge in [0.1, 0.15) is 0 Å². The fourth-order valence-corrected chi connectivity index (χ4v) is 4.41. The Labute approximate surface area is 182 Å². The van der Waals surface area contributed by atoms with Gasteiger partial charge in [-0.3, -0.25) is 4.79 Å². The third kappa shape index (κ3) is 6.89. The van der Waals surface area contributed by atoms with Crippen LogP contribution in [0.25, 0.3) is 0 Å². The largest absolute Gasteiger partial charge is 0.462 e. The molecule has 5 nitrogen and oxygen atoms in total. The van der Waals surface area contributed by atoms with E-state index in [1.807, 2.05) is 24.3 Å². The van der Waals surface area contributed by atoms with Crippen molar-refractivity contribution < 1.29 is 19.4 Å². The molecule has 0 saturated heterocycles. The minimum absolute atomic E-state index is 0.00628. The Balaban J connectivity index is 1.29. The molecule has 3 rings (SSSR count). The fraction of sp³-hybridized carbons (Fsp3) is 0.417. The molecule has 30 heavy (non-hydrogen) atoms. The second-order valence-electron chi connectivity index (χ2n) is 7.63. The molecule has 0 radical (unpaired) electrons. The summed E-state index contributed by atoms with van der Waals surface area (Å²) in [5.41, 5.74) is 1.80. The van der Waals surface area contributed by atoms with E-state index in [0.717, 1.165) is 24.3 Å². The molecule has 1 fully saturated rings. The summed E-state index contributed by atoms with van der Waals surface area (Å²) in [5.74, 6) is 1.40. The van der Waals surface area contributed by atoms with Gasteiger partial charge in [0.15, 0.2) is 0 Å². The summed E-state index contributed by atoms with van der Waals surface area (Å²) in [5, 5.41) is 13.3. The van der Waals surface area contributed by atoms with E-state index in [0.29, 0.717) is 12.1 Å². The number of aliphatic hydroxyl groups excluding tert-OH is 1. The van der Waals surface area contributed by atoms with Crippen molar-refractivity contribution in [2.45, 2.75) is 31.1 Å². The molecule has 0 bridgehead atoms. The molecule has 0 heterocycles. The average Bonchev–Trinajstić information content (AvgIpc) is 2.74. The highest BCUT2D eigenvalue weighted by molar-refractivity contribution is 7.98. The molecule has 2 aromatic rings. The van der Waals surface area contributed by atoms with Crippen molar-refractivity contribution >= 4 is 23.6 Å². The van der Waals surface area contributed by atoms with Crippen LogP contribution in [0.5, 0.6) is 0 Å². The first-order valence-corrected chi connectivity index (χ1v) is 11.6. The highest BCUT2D eigenvalue weighted by Crippen LogP contribution is 2.38. The molecule has 3 atom stereocenters. The van der Waals surface area contributed by atoms with Gasteiger partial charge in [0.05, 0.1) is 24.7 Å². The van der Waals surface area contributed by atoms with Gasteiger partial charge < -0.3 is 15.2 Å². The Morgan fingerprint density at radius 3 is 2.43 bits per heavy atom. The first kappa shape index (κ1) is 22.4. The van der Waals surface area contributed by atoms with Gasteiger partial charge in [0.25, 0.3) is 0 Å². The molecule has 6 heteroatoms. The van der Waals surface area contributed by atoms with Gasteiger partial charge in [0, 0.05) is 18.1 Å². The summed E-state index contributed by atoms with van der Waals surface area (Å²) in [6, 6.07) is 19.1. The van der Waals surface area contributed by atoms with Crippen molar-refractivity contribution in [1.29, 1.82) is 0 Å². The molecule has 1 saturated carbocycles. The van der Waals surface area contributed by atoms with Crippen LogP contribution in [-0.2, 0) is 15.3 Å². The quantitative estimate of drug-likeness (QED) is 0.423. The van der Waals surface area contributed by atoms with E-state index in [2.05, 4.69) is 17.4 Å². The molecule has 2 N–H and O–H groups in total. The minimum Gasteiger partial charge on any atom is -0.462 e. The number of ether oxygens (including phenoxy) is 1. The zero-order valence-electron chi connectivity index (χ0n) is 17.0. The smallest absolute Gasteiger partial charge is 0.338 e. The number of amides is 1. The van der Waals surface area contributed by atoms with Gasteiger partial charge in [-0.1, -0.05) is 48.5 Å². The molecule has 1 amide bonds. The van der Waals surface area contributed by atoms with Crippen LogP contribution in [0.1, 0.15) is 35.2 Å². The summed E-state index contributed by atoms with van der Waals surface area (Å²) < 4.78 is 5.39. The SMILES string of the molecule is O=C(CC(O)[C@@H]1CC[C@H]1COC(=O)c1ccccc1)NCCSCc1ccccc1. The third-order valence-electron chi connectivity index (χ3n) is 5.48. The number of thioether (sulfide) groups is 1. The maximum absolute atomic E-state index is 12.1. The Hall–Kier alpha value is -2.31. The third-order valence-corrected chi connectivity index (χ3v) is 6.51. The summed E-state index contributed by atoms with van der Waals surface area (Å²) in [6.45, 7) is 0.874. The number of carbonyl (C=O) groups is 2. The number of hydrogen-bond donors (Lipinski definition) is 2. The highest BCUT2D eigenvalue weighted by atomic mass is 32.2. The lowest BCUT2D eigenvalue weighted by atomic mass is 9.70. The molecule has 0 aliphatic heterocycles. The summed E-state index contributed by atoms with van der Waals surface area (Å²) in [4.78, 5) is 24.2. The number of hydrogen-bond acceptors (Lipinski definition) is 5. The molecule has 1 aliphatic carbocycles. The van der Waals surface area contributed by atoms with Crippen LogP contribution >= 0.6 is 11.8 Å². The van der Waals surface area contributed by atoms with Crippen LogP contribution in [0.15, 0.2) is 60.7 Å². The predicted octanol–water partition coefficient (Wildman–Crippen LogP) is 3.67. The highest BCUT2D eigenvalue weighted by Gasteiger charge is 2.37. The van der Waals surface area contributed by atoms with E-state index in [-0.39, 0.29) is 36.7 Å². The maximum atomic E-state index is 12.1. The van der Waals surface area contributed by atoms with Crippen molar-refractivity contribution in [1.82, 2.24) is 5.32 Å². The van der Waals surface area contributed by atoms with Gasteiger partial charge in [-0.2, -0.15) is 11.8 Å². The number of aliphatic hydroxyl groups is 1. The van der Waals surface area contributed by atoms with Crippen LogP contribution in [0.3, 0.4) is 0 Å². The fourth-order valence-electron chi connectivity index (χ4n) is 3.59. The molecule has 1 unspecified atom stereocenters. The van der Waals surface area contributed by atoms with E-state index < -0.39 is 6.10 Å². The number of carbonyl (C=O) groups excluding carboxylic acids is 2. The molecule has 2 aromatic carbocycles. The van der Waals surface area contributed by atoms with Crippen LogP contribution in [-0.4, -0.2) is 42.0 Å². The van der Waals surface area contributed by atoms with Crippen LogP contribution < -0.4 is 5.32 Å². The number of esters is 1. The lowest BCUT2D eigenvalue weighted by Crippen LogP contribution is -2.41. The lowest BCUT2D eigenvalue weighted by molar-refractivity contribution is -0.125. The van der Waals surface area contributed by atoms with Gasteiger partial charge in [0.2, 0.25) is 5.91 Å². The first-order valence-electron chi connectivity index (χ1n) is 10.4. The molecule has 160 valence electrons. The molecular formula is C24H29NO4S. The molecule has 0 aromatic heterocycles. The second-order valence-corrected chi connectivity index (χ2v) is 8.73. The number of rotatable bonds is 11. The summed E-state index contributed by atoms with van der Waals surface area (Å²) in [7, 11) is 0. The Bertz CT molecular complexity index is 799. The minimum atomic E-state index is -0.698. The monoisotopic (exact) mass is 427 g/mol. The van der Waals surface area contributed by atoms with Gasteiger partial charge in [-0.25, -0.2) is 4.79 Å². The van der Waals surface area contributed by atoms with E-state index in [1.165, 1.54) is 5.56 Å². The van der Waals surface area contributed by atoms with E-state index in [1.54, 1.807) is 36.0 Å². The Morgan fingerprint density at radius 2 is 1.77 bits per heavy atom. The Morgan fingerprint density at radius 1 is 1.07 bits per heavy atom. The Kier molecular flexibility index (Phi) is 8.78. The second kappa shape index (κ2) is 11.8. The van der Waals surface area contributed by atoms with Gasteiger partial charge >= 0.3 is 5.97 Å². The summed E-state index contributed by atoms with van der Waals surface area (Å²) in [6.07, 6.45) is 1.16. The average molecular weight is 428 g/mol. The summed E-state index contributed by atoms with van der Waals surface area (Å²) >= 11 is 1.77. The van der Waals surface area contributed by atoms with Crippen LogP contribution in [0.4, 0.5) is 0 Å². The van der Waals surface area contributed by atoms with Crippen molar-refractivity contribution in [3.05, 3.63) is 71.8 Å². The van der Waals surface area contributed by atoms with E-state index in [9.17, 15) is 14.7 Å². The maximum Gasteiger partial charge on any atom is 0.338 e. The van der Waals surface area contributed by atoms with Crippen molar-refractivity contribution in [2.75, 3.05) is 18.9 Å². The van der Waals surface area contributed by atoms with Crippen molar-refractivity contribution in [3.63, 3.8) is 0 Å². The first-order chi connectivity index (χ1) is 14.6. The predicted molar refractivity (Wildman–Crippen MR) is 119 cm³/mol. The number of benzene rings is 2. The van der Waals surface area contributed by atoms with E-state index >= 15 is 0 Å². The number of nitrogens with one attached hydrogen (secondary N) is 1. The standard InChI is InChI=1S/C24H29NO4S/c26-22(15-23(27)25-13-14-30-17-18-7-3-1-4-8-18)21-12-11-20(21)16-29-24(28)19-9-5-2-6-10-19/h1-10,20-22,26H,11-17H2,(H,25,27)/t20-,21+,22?/m0/s1. The van der Waals surface area contributed by atoms with Crippen molar-refractivity contribution in [3.8, 4) is 0 Å². The normalized spacial score (nSPS) is 18.8. The zero-order chi connectivity index (χ0) is 21.2. The zero-order valence-corrected chi connectivity index (χ0v) is 17.9. The van der Waals surface area contributed by atoms with Gasteiger partial charge in [-0.15, -0.1) is 0 Å². The van der Waals surface area contributed by atoms with Crippen LogP contribution in [0, 0.1) is 11.8 Å². The molecule has 1 aliphatic rings. The van der Waals surface area contributed by atoms with Crippen molar-refractivity contribution in [2.24, 2.45) is 11.8 Å². The topological polar surface area (TPSA) is 75.6 Å². The molecular weight excluding hydrogens is 398 g/mol. The van der Waals surface area contributed by atoms with Crippen LogP contribution in [0.2, 0.25) is 0 Å². The van der Waals surface area contributed by atoms with E-state index in [4.69, 9.17) is 4.74 Å². The lowest BCUT2D eigenvalue weighted by Gasteiger charge is -2.39.